The lowest BCUT2D eigenvalue weighted by Crippen LogP contribution is -2.35. The van der Waals surface area contributed by atoms with E-state index >= 15 is 0 Å². The van der Waals surface area contributed by atoms with Gasteiger partial charge in [-0.15, -0.1) is 0 Å². The van der Waals surface area contributed by atoms with Crippen LogP contribution in [-0.4, -0.2) is 78.6 Å². The SMILES string of the molecule is CN(C)C(=O)[C@H]1C[C@H]2[C@H](CCN2Cc2ccc3c(c2)OCO3)O1.O=C(O)C(F)(F)F. The smallest absolute Gasteiger partial charge is 0.475 e. The summed E-state index contributed by atoms with van der Waals surface area (Å²) in [5.41, 5.74) is 1.21. The van der Waals surface area contributed by atoms with Gasteiger partial charge in [0.15, 0.2) is 11.5 Å². The molecule has 3 atom stereocenters. The van der Waals surface area contributed by atoms with Gasteiger partial charge < -0.3 is 24.2 Å². The summed E-state index contributed by atoms with van der Waals surface area (Å²) in [6.07, 6.45) is -3.42. The van der Waals surface area contributed by atoms with Crippen molar-refractivity contribution in [3.8, 4) is 11.5 Å². The molecule has 0 unspecified atom stereocenters. The maximum absolute atomic E-state index is 12.1. The molecular formula is C19H23F3N2O6. The number of likely N-dealkylation sites (N-methyl/N-ethyl adjacent to an activating group) is 1. The zero-order chi connectivity index (χ0) is 22.1. The summed E-state index contributed by atoms with van der Waals surface area (Å²) in [6, 6.07) is 6.43. The van der Waals surface area contributed by atoms with Gasteiger partial charge in [0.1, 0.15) is 6.10 Å². The third-order valence-corrected chi connectivity index (χ3v) is 5.17. The maximum Gasteiger partial charge on any atom is 0.490 e. The molecule has 8 nitrogen and oxygen atoms in total. The molecule has 0 aliphatic carbocycles. The van der Waals surface area contributed by atoms with Crippen LogP contribution >= 0.6 is 0 Å². The standard InChI is InChI=1S/C17H22N2O4.C2HF3O2/c1-18(2)17(20)16-8-12-13(23-16)5-6-19(12)9-11-3-4-14-15(7-11)22-10-21-14;3-2(4,5)1(6)7/h3-4,7,12-13,16H,5-6,8-10H2,1-2H3;(H,6,7)/t12-,13-,16+;/m0./s1. The molecule has 3 heterocycles. The van der Waals surface area contributed by atoms with Crippen LogP contribution in [0.5, 0.6) is 11.5 Å². The number of ether oxygens (including phenoxy) is 3. The number of alkyl halides is 3. The number of rotatable bonds is 3. The number of aliphatic carboxylic acids is 1. The zero-order valence-electron chi connectivity index (χ0n) is 16.5. The van der Waals surface area contributed by atoms with E-state index in [0.29, 0.717) is 12.8 Å². The number of carboxylic acid groups (broad SMARTS) is 1. The van der Waals surface area contributed by atoms with Crippen LogP contribution < -0.4 is 9.47 Å². The second kappa shape index (κ2) is 8.68. The third-order valence-electron chi connectivity index (χ3n) is 5.17. The fraction of sp³-hybridized carbons (Fsp3) is 0.579. The fourth-order valence-electron chi connectivity index (χ4n) is 3.75. The van der Waals surface area contributed by atoms with E-state index in [1.54, 1.807) is 19.0 Å². The number of carbonyl (C=O) groups excluding carboxylic acids is 1. The monoisotopic (exact) mass is 432 g/mol. The molecule has 30 heavy (non-hydrogen) atoms. The van der Waals surface area contributed by atoms with Crippen molar-refractivity contribution >= 4 is 11.9 Å². The summed E-state index contributed by atoms with van der Waals surface area (Å²) >= 11 is 0. The quantitative estimate of drug-likeness (QED) is 0.780. The van der Waals surface area contributed by atoms with E-state index in [0.717, 1.165) is 37.4 Å². The Morgan fingerprint density at radius 1 is 1.23 bits per heavy atom. The maximum atomic E-state index is 12.1. The van der Waals surface area contributed by atoms with Crippen molar-refractivity contribution in [2.75, 3.05) is 27.4 Å². The molecule has 2 saturated heterocycles. The Morgan fingerprint density at radius 2 is 1.90 bits per heavy atom. The molecule has 1 N–H and O–H groups in total. The Kier molecular flexibility index (Phi) is 6.41. The van der Waals surface area contributed by atoms with Crippen LogP contribution in [-0.2, 0) is 20.9 Å². The van der Waals surface area contributed by atoms with Crippen LogP contribution in [0.4, 0.5) is 13.2 Å². The Balaban J connectivity index is 0.000000318. The number of hydrogen-bond acceptors (Lipinski definition) is 6. The first-order valence-corrected chi connectivity index (χ1v) is 9.35. The first-order chi connectivity index (χ1) is 14.1. The first-order valence-electron chi connectivity index (χ1n) is 9.35. The minimum Gasteiger partial charge on any atom is -0.475 e. The molecule has 4 rings (SSSR count). The third kappa shape index (κ3) is 4.96. The number of amides is 1. The fourth-order valence-corrected chi connectivity index (χ4v) is 3.75. The van der Waals surface area contributed by atoms with E-state index in [-0.39, 0.29) is 18.1 Å². The molecule has 0 bridgehead atoms. The zero-order valence-corrected chi connectivity index (χ0v) is 16.5. The number of hydrogen-bond donors (Lipinski definition) is 1. The topological polar surface area (TPSA) is 88.5 Å². The highest BCUT2D eigenvalue weighted by atomic mass is 19.4. The van der Waals surface area contributed by atoms with Crippen molar-refractivity contribution in [3.63, 3.8) is 0 Å². The molecule has 1 aromatic rings. The summed E-state index contributed by atoms with van der Waals surface area (Å²) in [6.45, 7) is 2.16. The van der Waals surface area contributed by atoms with Crippen molar-refractivity contribution in [2.24, 2.45) is 0 Å². The van der Waals surface area contributed by atoms with Crippen LogP contribution in [0.1, 0.15) is 18.4 Å². The Hall–Kier alpha value is -2.53. The van der Waals surface area contributed by atoms with E-state index in [1.807, 2.05) is 12.1 Å². The summed E-state index contributed by atoms with van der Waals surface area (Å²) in [4.78, 5) is 25.1. The minimum absolute atomic E-state index is 0.0717. The number of carbonyl (C=O) groups is 2. The molecule has 3 aliphatic heterocycles. The number of halogens is 3. The second-order valence-corrected chi connectivity index (χ2v) is 7.45. The number of fused-ring (bicyclic) bond motifs is 2. The molecule has 3 aliphatic rings. The lowest BCUT2D eigenvalue weighted by molar-refractivity contribution is -0.192. The Bertz CT molecular complexity index is 801. The van der Waals surface area contributed by atoms with Gasteiger partial charge in [0.05, 0.1) is 6.10 Å². The van der Waals surface area contributed by atoms with Gasteiger partial charge in [0.2, 0.25) is 6.79 Å². The predicted molar refractivity (Wildman–Crippen MR) is 97.0 cm³/mol. The average molecular weight is 432 g/mol. The van der Waals surface area contributed by atoms with E-state index < -0.39 is 12.1 Å². The van der Waals surface area contributed by atoms with Crippen molar-refractivity contribution in [2.45, 2.75) is 43.8 Å². The highest BCUT2D eigenvalue weighted by molar-refractivity contribution is 5.80. The van der Waals surface area contributed by atoms with Gasteiger partial charge in [-0.1, -0.05) is 6.07 Å². The molecular weight excluding hydrogens is 409 g/mol. The lowest BCUT2D eigenvalue weighted by Gasteiger charge is -2.23. The lowest BCUT2D eigenvalue weighted by atomic mass is 10.1. The minimum atomic E-state index is -5.08. The van der Waals surface area contributed by atoms with Gasteiger partial charge in [-0.2, -0.15) is 13.2 Å². The van der Waals surface area contributed by atoms with Gasteiger partial charge in [-0.05, 0) is 24.1 Å². The highest BCUT2D eigenvalue weighted by Crippen LogP contribution is 2.36. The van der Waals surface area contributed by atoms with E-state index in [4.69, 9.17) is 24.1 Å². The van der Waals surface area contributed by atoms with Crippen molar-refractivity contribution in [1.29, 1.82) is 0 Å². The van der Waals surface area contributed by atoms with Gasteiger partial charge in [0.25, 0.3) is 5.91 Å². The second-order valence-electron chi connectivity index (χ2n) is 7.45. The molecule has 1 amide bonds. The molecule has 0 aromatic heterocycles. The molecule has 0 spiro atoms. The van der Waals surface area contributed by atoms with Crippen molar-refractivity contribution in [3.05, 3.63) is 23.8 Å². The first kappa shape index (κ1) is 22.2. The molecule has 1 aromatic carbocycles. The molecule has 0 saturated carbocycles. The van der Waals surface area contributed by atoms with Gasteiger partial charge in [0, 0.05) is 39.6 Å². The van der Waals surface area contributed by atoms with Crippen LogP contribution in [0.25, 0.3) is 0 Å². The summed E-state index contributed by atoms with van der Waals surface area (Å²) in [5, 5.41) is 7.12. The summed E-state index contributed by atoms with van der Waals surface area (Å²) in [7, 11) is 3.56. The summed E-state index contributed by atoms with van der Waals surface area (Å²) in [5.74, 6) is -1.05. The molecule has 0 radical (unpaired) electrons. The van der Waals surface area contributed by atoms with Crippen LogP contribution in [0.3, 0.4) is 0 Å². The number of likely N-dealkylation sites (tertiary alicyclic amines) is 1. The van der Waals surface area contributed by atoms with E-state index in [9.17, 15) is 18.0 Å². The van der Waals surface area contributed by atoms with Gasteiger partial charge >= 0.3 is 12.1 Å². The van der Waals surface area contributed by atoms with Crippen molar-refractivity contribution in [1.82, 2.24) is 9.80 Å². The average Bonchev–Trinajstić information content (AvgIpc) is 3.37. The van der Waals surface area contributed by atoms with Crippen LogP contribution in [0.15, 0.2) is 18.2 Å². The summed E-state index contributed by atoms with van der Waals surface area (Å²) < 4.78 is 48.5. The number of carboxylic acids is 1. The van der Waals surface area contributed by atoms with E-state index in [2.05, 4.69) is 11.0 Å². The Morgan fingerprint density at radius 3 is 2.53 bits per heavy atom. The van der Waals surface area contributed by atoms with Crippen LogP contribution in [0, 0.1) is 0 Å². The van der Waals surface area contributed by atoms with Gasteiger partial charge in [-0.3, -0.25) is 9.69 Å². The largest absolute Gasteiger partial charge is 0.490 e. The normalized spacial score (nSPS) is 24.8. The molecule has 166 valence electrons. The van der Waals surface area contributed by atoms with Crippen molar-refractivity contribution < 1.29 is 42.1 Å². The Labute approximate surface area is 171 Å². The molecule has 2 fully saturated rings. The molecule has 11 heteroatoms. The number of benzene rings is 1. The van der Waals surface area contributed by atoms with E-state index in [1.165, 1.54) is 5.56 Å². The van der Waals surface area contributed by atoms with Crippen LogP contribution in [0.2, 0.25) is 0 Å². The predicted octanol–water partition coefficient (Wildman–Crippen LogP) is 1.87. The van der Waals surface area contributed by atoms with Gasteiger partial charge in [-0.25, -0.2) is 4.79 Å². The highest BCUT2D eigenvalue weighted by Gasteiger charge is 2.45. The number of nitrogens with zero attached hydrogens (tertiary/aromatic N) is 2.